The van der Waals surface area contributed by atoms with Crippen LogP contribution in [0.2, 0.25) is 0 Å². The van der Waals surface area contributed by atoms with E-state index in [1.54, 1.807) is 35.2 Å². The number of hydrogen-bond acceptors (Lipinski definition) is 4. The third kappa shape index (κ3) is 3.95. The molecular formula is C18H20N2O4. The molecule has 0 atom stereocenters. The van der Waals surface area contributed by atoms with Crippen LogP contribution in [-0.4, -0.2) is 29.8 Å². The molecule has 0 radical (unpaired) electrons. The molecule has 126 valence electrons. The van der Waals surface area contributed by atoms with Crippen molar-refractivity contribution in [1.82, 2.24) is 10.2 Å². The zero-order valence-electron chi connectivity index (χ0n) is 13.4. The van der Waals surface area contributed by atoms with Gasteiger partial charge < -0.3 is 19.1 Å². The third-order valence-electron chi connectivity index (χ3n) is 3.95. The number of carbonyl (C=O) groups excluding carboxylic acids is 2. The molecule has 1 aliphatic rings. The van der Waals surface area contributed by atoms with E-state index in [2.05, 4.69) is 5.32 Å². The zero-order chi connectivity index (χ0) is 16.8. The Bertz CT molecular complexity index is 693. The summed E-state index contributed by atoms with van der Waals surface area (Å²) in [6.07, 6.45) is 8.70. The normalized spacial score (nSPS) is 15.8. The molecule has 0 saturated carbocycles. The molecule has 0 unspecified atom stereocenters. The molecule has 3 rings (SSSR count). The molecule has 0 spiro atoms. The van der Waals surface area contributed by atoms with E-state index in [0.717, 1.165) is 25.7 Å². The number of nitrogens with one attached hydrogen (secondary N) is 1. The molecule has 1 aliphatic heterocycles. The molecule has 1 fully saturated rings. The summed E-state index contributed by atoms with van der Waals surface area (Å²) in [4.78, 5) is 26.9. The SMILES string of the molecule is O=C(N/C(=C/c1ccco1)C(=O)N1CCCCCC1)c1ccco1. The molecule has 1 N–H and O–H groups in total. The third-order valence-corrected chi connectivity index (χ3v) is 3.95. The summed E-state index contributed by atoms with van der Waals surface area (Å²) < 4.78 is 10.4. The molecule has 0 aromatic carbocycles. The molecule has 2 aromatic rings. The molecule has 3 heterocycles. The number of hydrogen-bond donors (Lipinski definition) is 1. The van der Waals surface area contributed by atoms with Crippen molar-refractivity contribution < 1.29 is 18.4 Å². The van der Waals surface area contributed by atoms with Gasteiger partial charge in [-0.05, 0) is 37.1 Å². The van der Waals surface area contributed by atoms with Gasteiger partial charge in [-0.1, -0.05) is 12.8 Å². The fraction of sp³-hybridized carbons (Fsp3) is 0.333. The maximum Gasteiger partial charge on any atom is 0.291 e. The van der Waals surface area contributed by atoms with E-state index in [0.29, 0.717) is 18.8 Å². The Labute approximate surface area is 140 Å². The van der Waals surface area contributed by atoms with Gasteiger partial charge in [0.1, 0.15) is 11.5 Å². The van der Waals surface area contributed by atoms with Crippen LogP contribution in [0.25, 0.3) is 6.08 Å². The number of rotatable bonds is 4. The van der Waals surface area contributed by atoms with Crippen LogP contribution in [0.5, 0.6) is 0 Å². The van der Waals surface area contributed by atoms with E-state index in [9.17, 15) is 9.59 Å². The highest BCUT2D eigenvalue weighted by molar-refractivity contribution is 6.04. The molecule has 24 heavy (non-hydrogen) atoms. The predicted octanol–water partition coefficient (Wildman–Crippen LogP) is 3.05. The summed E-state index contributed by atoms with van der Waals surface area (Å²) in [5, 5.41) is 2.65. The largest absolute Gasteiger partial charge is 0.465 e. The minimum absolute atomic E-state index is 0.156. The van der Waals surface area contributed by atoms with Crippen LogP contribution >= 0.6 is 0 Å². The van der Waals surface area contributed by atoms with Crippen molar-refractivity contribution in [2.45, 2.75) is 25.7 Å². The number of furan rings is 2. The molecular weight excluding hydrogens is 308 g/mol. The van der Waals surface area contributed by atoms with Gasteiger partial charge in [-0.15, -0.1) is 0 Å². The van der Waals surface area contributed by atoms with E-state index in [1.165, 1.54) is 12.5 Å². The van der Waals surface area contributed by atoms with Crippen LogP contribution in [0.15, 0.2) is 51.3 Å². The summed E-state index contributed by atoms with van der Waals surface area (Å²) in [5.74, 6) is 0.00566. The topological polar surface area (TPSA) is 75.7 Å². The van der Waals surface area contributed by atoms with Gasteiger partial charge in [0.25, 0.3) is 11.8 Å². The Morgan fingerprint density at radius 3 is 2.33 bits per heavy atom. The summed E-state index contributed by atoms with van der Waals surface area (Å²) in [6.45, 7) is 1.40. The standard InChI is InChI=1S/C18H20N2O4/c21-17(16-8-6-12-24-16)19-15(13-14-7-5-11-23-14)18(22)20-9-3-1-2-4-10-20/h5-8,11-13H,1-4,9-10H2,(H,19,21)/b15-13+. The summed E-state index contributed by atoms with van der Waals surface area (Å²) >= 11 is 0. The van der Waals surface area contributed by atoms with Crippen LogP contribution in [-0.2, 0) is 4.79 Å². The van der Waals surface area contributed by atoms with E-state index in [-0.39, 0.29) is 17.4 Å². The maximum absolute atomic E-state index is 12.9. The second-order valence-corrected chi connectivity index (χ2v) is 5.71. The van der Waals surface area contributed by atoms with Gasteiger partial charge >= 0.3 is 0 Å². The number of carbonyl (C=O) groups is 2. The lowest BCUT2D eigenvalue weighted by molar-refractivity contribution is -0.127. The predicted molar refractivity (Wildman–Crippen MR) is 87.9 cm³/mol. The fourth-order valence-electron chi connectivity index (χ4n) is 2.70. The molecule has 1 saturated heterocycles. The average molecular weight is 328 g/mol. The Morgan fingerprint density at radius 2 is 1.71 bits per heavy atom. The van der Waals surface area contributed by atoms with Crippen molar-refractivity contribution >= 4 is 17.9 Å². The van der Waals surface area contributed by atoms with Gasteiger partial charge in [0.2, 0.25) is 0 Å². The van der Waals surface area contributed by atoms with Crippen molar-refractivity contribution in [3.8, 4) is 0 Å². The van der Waals surface area contributed by atoms with Crippen LogP contribution in [0.1, 0.15) is 42.0 Å². The molecule has 0 bridgehead atoms. The van der Waals surface area contributed by atoms with Crippen molar-refractivity contribution in [3.05, 3.63) is 54.0 Å². The summed E-state index contributed by atoms with van der Waals surface area (Å²) in [6, 6.07) is 6.64. The van der Waals surface area contributed by atoms with E-state index in [1.807, 2.05) is 0 Å². The van der Waals surface area contributed by atoms with Crippen LogP contribution < -0.4 is 5.32 Å². The molecule has 2 aromatic heterocycles. The number of nitrogens with zero attached hydrogens (tertiary/aromatic N) is 1. The van der Waals surface area contributed by atoms with Gasteiger partial charge in [0.05, 0.1) is 12.5 Å². The molecule has 2 amide bonds. The Kier molecular flexibility index (Phi) is 5.15. The van der Waals surface area contributed by atoms with Crippen molar-refractivity contribution in [1.29, 1.82) is 0 Å². The zero-order valence-corrected chi connectivity index (χ0v) is 13.4. The van der Waals surface area contributed by atoms with Gasteiger partial charge in [-0.2, -0.15) is 0 Å². The minimum Gasteiger partial charge on any atom is -0.465 e. The first-order valence-electron chi connectivity index (χ1n) is 8.13. The van der Waals surface area contributed by atoms with Crippen molar-refractivity contribution in [3.63, 3.8) is 0 Å². The van der Waals surface area contributed by atoms with Crippen LogP contribution in [0.4, 0.5) is 0 Å². The number of likely N-dealkylation sites (tertiary alicyclic amines) is 1. The van der Waals surface area contributed by atoms with Gasteiger partial charge in [-0.25, -0.2) is 0 Å². The highest BCUT2D eigenvalue weighted by Crippen LogP contribution is 2.14. The lowest BCUT2D eigenvalue weighted by Crippen LogP contribution is -2.38. The summed E-state index contributed by atoms with van der Waals surface area (Å²) in [7, 11) is 0. The van der Waals surface area contributed by atoms with E-state index >= 15 is 0 Å². The summed E-state index contributed by atoms with van der Waals surface area (Å²) in [5.41, 5.74) is 0.188. The van der Waals surface area contributed by atoms with Crippen LogP contribution in [0, 0.1) is 0 Å². The van der Waals surface area contributed by atoms with Gasteiger partial charge in [-0.3, -0.25) is 9.59 Å². The molecule has 0 aliphatic carbocycles. The average Bonchev–Trinajstić information content (AvgIpc) is 3.23. The van der Waals surface area contributed by atoms with Crippen LogP contribution in [0.3, 0.4) is 0 Å². The smallest absolute Gasteiger partial charge is 0.291 e. The van der Waals surface area contributed by atoms with E-state index < -0.39 is 5.91 Å². The first-order chi connectivity index (χ1) is 11.7. The molecule has 6 nitrogen and oxygen atoms in total. The highest BCUT2D eigenvalue weighted by atomic mass is 16.3. The Hall–Kier alpha value is -2.76. The second kappa shape index (κ2) is 7.68. The Morgan fingerprint density at radius 1 is 1.00 bits per heavy atom. The van der Waals surface area contributed by atoms with E-state index in [4.69, 9.17) is 8.83 Å². The first kappa shape index (κ1) is 16.1. The highest BCUT2D eigenvalue weighted by Gasteiger charge is 2.22. The Balaban J connectivity index is 1.81. The van der Waals surface area contributed by atoms with Crippen molar-refractivity contribution in [2.75, 3.05) is 13.1 Å². The van der Waals surface area contributed by atoms with Gasteiger partial charge in [0.15, 0.2) is 5.76 Å². The van der Waals surface area contributed by atoms with Crippen molar-refractivity contribution in [2.24, 2.45) is 0 Å². The number of amides is 2. The lowest BCUT2D eigenvalue weighted by atomic mass is 10.2. The second-order valence-electron chi connectivity index (χ2n) is 5.71. The minimum atomic E-state index is -0.457. The quantitative estimate of drug-likeness (QED) is 0.875. The maximum atomic E-state index is 12.9. The fourth-order valence-corrected chi connectivity index (χ4v) is 2.70. The monoisotopic (exact) mass is 328 g/mol. The molecule has 6 heteroatoms. The van der Waals surface area contributed by atoms with Gasteiger partial charge in [0, 0.05) is 19.2 Å². The lowest BCUT2D eigenvalue weighted by Gasteiger charge is -2.22. The first-order valence-corrected chi connectivity index (χ1v) is 8.13.